The van der Waals surface area contributed by atoms with Crippen molar-refractivity contribution in [2.24, 2.45) is 5.73 Å². The van der Waals surface area contributed by atoms with Gasteiger partial charge in [0.2, 0.25) is 0 Å². The average Bonchev–Trinajstić information content (AvgIpc) is 2.39. The molecule has 0 aliphatic rings. The van der Waals surface area contributed by atoms with Gasteiger partial charge in [-0.2, -0.15) is 0 Å². The lowest BCUT2D eigenvalue weighted by atomic mass is 10.1. The van der Waals surface area contributed by atoms with E-state index >= 15 is 0 Å². The van der Waals surface area contributed by atoms with Crippen molar-refractivity contribution in [1.29, 1.82) is 0 Å². The second kappa shape index (κ2) is 6.04. The van der Waals surface area contributed by atoms with Crippen LogP contribution in [0.1, 0.15) is 24.1 Å². The number of hydrogen-bond donors (Lipinski definition) is 1. The molecule has 1 atom stereocenters. The summed E-state index contributed by atoms with van der Waals surface area (Å²) in [4.78, 5) is 0. The minimum absolute atomic E-state index is 0.198. The Balaban J connectivity index is 2.10. The standard InChI is InChI=1S/C15H15ClFNO/c1-10(18)11-6-7-15(14(17)8-11)19-9-12-4-2-3-5-13(12)16/h2-8,10H,9,18H2,1H3. The van der Waals surface area contributed by atoms with Crippen LogP contribution in [-0.2, 0) is 6.61 Å². The van der Waals surface area contributed by atoms with Crippen molar-refractivity contribution in [1.82, 2.24) is 0 Å². The highest BCUT2D eigenvalue weighted by molar-refractivity contribution is 6.31. The van der Waals surface area contributed by atoms with Crippen molar-refractivity contribution < 1.29 is 9.13 Å². The molecular weight excluding hydrogens is 265 g/mol. The van der Waals surface area contributed by atoms with E-state index < -0.39 is 5.82 Å². The Labute approximate surface area is 117 Å². The normalized spacial score (nSPS) is 12.2. The van der Waals surface area contributed by atoms with Crippen molar-refractivity contribution >= 4 is 11.6 Å². The van der Waals surface area contributed by atoms with E-state index in [-0.39, 0.29) is 18.4 Å². The Morgan fingerprint density at radius 3 is 2.63 bits per heavy atom. The lowest BCUT2D eigenvalue weighted by molar-refractivity contribution is 0.290. The summed E-state index contributed by atoms with van der Waals surface area (Å²) in [7, 11) is 0. The molecule has 0 fully saturated rings. The Morgan fingerprint density at radius 1 is 1.26 bits per heavy atom. The number of benzene rings is 2. The summed E-state index contributed by atoms with van der Waals surface area (Å²) in [6.45, 7) is 2.03. The molecule has 2 aromatic rings. The molecule has 4 heteroatoms. The monoisotopic (exact) mass is 279 g/mol. The van der Waals surface area contributed by atoms with Crippen LogP contribution in [0.15, 0.2) is 42.5 Å². The van der Waals surface area contributed by atoms with Crippen LogP contribution in [0.2, 0.25) is 5.02 Å². The van der Waals surface area contributed by atoms with Gasteiger partial charge in [-0.3, -0.25) is 0 Å². The third-order valence-corrected chi connectivity index (χ3v) is 3.19. The molecule has 0 amide bonds. The summed E-state index contributed by atoms with van der Waals surface area (Å²) >= 11 is 6.01. The third-order valence-electron chi connectivity index (χ3n) is 2.82. The molecule has 0 saturated carbocycles. The summed E-state index contributed by atoms with van der Waals surface area (Å²) in [5.74, 6) is -0.217. The van der Waals surface area contributed by atoms with E-state index in [4.69, 9.17) is 22.1 Å². The second-order valence-electron chi connectivity index (χ2n) is 4.36. The van der Waals surface area contributed by atoms with Gasteiger partial charge in [-0.15, -0.1) is 0 Å². The molecule has 0 spiro atoms. The fourth-order valence-corrected chi connectivity index (χ4v) is 1.88. The van der Waals surface area contributed by atoms with E-state index in [9.17, 15) is 4.39 Å². The van der Waals surface area contributed by atoms with E-state index in [1.807, 2.05) is 18.2 Å². The van der Waals surface area contributed by atoms with Crippen LogP contribution in [-0.4, -0.2) is 0 Å². The van der Waals surface area contributed by atoms with Gasteiger partial charge in [0.05, 0.1) is 0 Å². The van der Waals surface area contributed by atoms with Crippen molar-refractivity contribution in [2.45, 2.75) is 19.6 Å². The molecule has 0 saturated heterocycles. The molecular formula is C15H15ClFNO. The quantitative estimate of drug-likeness (QED) is 0.915. The number of hydrogen-bond acceptors (Lipinski definition) is 2. The van der Waals surface area contributed by atoms with Crippen molar-refractivity contribution in [3.05, 3.63) is 64.4 Å². The number of halogens is 2. The van der Waals surface area contributed by atoms with E-state index in [0.717, 1.165) is 11.1 Å². The van der Waals surface area contributed by atoms with Gasteiger partial charge in [0.15, 0.2) is 11.6 Å². The van der Waals surface area contributed by atoms with Crippen molar-refractivity contribution in [3.63, 3.8) is 0 Å². The van der Waals surface area contributed by atoms with Gasteiger partial charge in [0, 0.05) is 16.6 Å². The van der Waals surface area contributed by atoms with Gasteiger partial charge >= 0.3 is 0 Å². The van der Waals surface area contributed by atoms with Crippen LogP contribution in [0.25, 0.3) is 0 Å². The zero-order chi connectivity index (χ0) is 13.8. The molecule has 2 N–H and O–H groups in total. The zero-order valence-corrected chi connectivity index (χ0v) is 11.3. The van der Waals surface area contributed by atoms with Crippen LogP contribution in [0.4, 0.5) is 4.39 Å². The van der Waals surface area contributed by atoms with Crippen molar-refractivity contribution in [3.8, 4) is 5.75 Å². The lowest BCUT2D eigenvalue weighted by Gasteiger charge is -2.11. The smallest absolute Gasteiger partial charge is 0.165 e. The largest absolute Gasteiger partial charge is 0.486 e. The first-order valence-corrected chi connectivity index (χ1v) is 6.37. The molecule has 2 rings (SSSR count). The number of nitrogens with two attached hydrogens (primary N) is 1. The Hall–Kier alpha value is -1.58. The van der Waals surface area contributed by atoms with E-state index in [0.29, 0.717) is 5.02 Å². The molecule has 0 heterocycles. The molecule has 100 valence electrons. The Kier molecular flexibility index (Phi) is 4.40. The maximum absolute atomic E-state index is 13.8. The predicted octanol–water partition coefficient (Wildman–Crippen LogP) is 4.08. The minimum Gasteiger partial charge on any atom is -0.486 e. The van der Waals surface area contributed by atoms with Crippen LogP contribution in [0.3, 0.4) is 0 Å². The molecule has 0 radical (unpaired) electrons. The van der Waals surface area contributed by atoms with Gasteiger partial charge in [0.25, 0.3) is 0 Å². The summed E-state index contributed by atoms with van der Waals surface area (Å²) in [5.41, 5.74) is 7.25. The Bertz CT molecular complexity index is 572. The first-order valence-electron chi connectivity index (χ1n) is 5.99. The van der Waals surface area contributed by atoms with Crippen LogP contribution in [0, 0.1) is 5.82 Å². The van der Waals surface area contributed by atoms with Gasteiger partial charge in [0.1, 0.15) is 6.61 Å². The SMILES string of the molecule is CC(N)c1ccc(OCc2ccccc2Cl)c(F)c1. The van der Waals surface area contributed by atoms with Crippen LogP contribution in [0.5, 0.6) is 5.75 Å². The highest BCUT2D eigenvalue weighted by Gasteiger charge is 2.08. The van der Waals surface area contributed by atoms with E-state index in [2.05, 4.69) is 0 Å². The highest BCUT2D eigenvalue weighted by Crippen LogP contribution is 2.23. The van der Waals surface area contributed by atoms with E-state index in [1.165, 1.54) is 6.07 Å². The fraction of sp³-hybridized carbons (Fsp3) is 0.200. The van der Waals surface area contributed by atoms with Crippen LogP contribution < -0.4 is 10.5 Å². The molecule has 19 heavy (non-hydrogen) atoms. The Morgan fingerprint density at radius 2 is 2.00 bits per heavy atom. The maximum atomic E-state index is 13.8. The molecule has 1 unspecified atom stereocenters. The second-order valence-corrected chi connectivity index (χ2v) is 4.77. The van der Waals surface area contributed by atoms with Gasteiger partial charge in [-0.05, 0) is 30.7 Å². The van der Waals surface area contributed by atoms with Crippen LogP contribution >= 0.6 is 11.6 Å². The average molecular weight is 280 g/mol. The maximum Gasteiger partial charge on any atom is 0.165 e. The molecule has 0 aliphatic carbocycles. The summed E-state index contributed by atoms with van der Waals surface area (Å²) in [6, 6.07) is 11.9. The van der Waals surface area contributed by atoms with E-state index in [1.54, 1.807) is 25.1 Å². The summed E-state index contributed by atoms with van der Waals surface area (Å²) in [6.07, 6.45) is 0. The number of rotatable bonds is 4. The van der Waals surface area contributed by atoms with Gasteiger partial charge in [-0.1, -0.05) is 35.9 Å². The highest BCUT2D eigenvalue weighted by atomic mass is 35.5. The van der Waals surface area contributed by atoms with Crippen molar-refractivity contribution in [2.75, 3.05) is 0 Å². The molecule has 0 aliphatic heterocycles. The molecule has 0 aromatic heterocycles. The fourth-order valence-electron chi connectivity index (χ4n) is 1.69. The summed E-state index contributed by atoms with van der Waals surface area (Å²) < 4.78 is 19.2. The van der Waals surface area contributed by atoms with Gasteiger partial charge in [-0.25, -0.2) is 4.39 Å². The molecule has 0 bridgehead atoms. The first kappa shape index (κ1) is 13.8. The molecule has 2 aromatic carbocycles. The zero-order valence-electron chi connectivity index (χ0n) is 10.6. The summed E-state index contributed by atoms with van der Waals surface area (Å²) in [5, 5.41) is 0.607. The predicted molar refractivity (Wildman–Crippen MR) is 74.8 cm³/mol. The number of ether oxygens (including phenoxy) is 1. The minimum atomic E-state index is -0.415. The third kappa shape index (κ3) is 3.46. The van der Waals surface area contributed by atoms with Gasteiger partial charge < -0.3 is 10.5 Å². The first-order chi connectivity index (χ1) is 9.08. The lowest BCUT2D eigenvalue weighted by Crippen LogP contribution is -2.06. The molecule has 2 nitrogen and oxygen atoms in total. The topological polar surface area (TPSA) is 35.2 Å².